The van der Waals surface area contributed by atoms with Gasteiger partial charge in [-0.3, -0.25) is 9.80 Å². The van der Waals surface area contributed by atoms with Crippen LogP contribution in [0, 0.1) is 17.0 Å². The van der Waals surface area contributed by atoms with E-state index in [1.54, 1.807) is 16.8 Å². The summed E-state index contributed by atoms with van der Waals surface area (Å²) in [6.45, 7) is 5.31. The molecule has 4 heterocycles. The summed E-state index contributed by atoms with van der Waals surface area (Å²) in [7, 11) is 0. The lowest BCUT2D eigenvalue weighted by molar-refractivity contribution is 0.0545. The Morgan fingerprint density at radius 1 is 1.00 bits per heavy atom. The second-order valence-electron chi connectivity index (χ2n) is 9.15. The highest BCUT2D eigenvalue weighted by atomic mass is 32.2. The molecule has 1 amide bonds. The van der Waals surface area contributed by atoms with Crippen molar-refractivity contribution in [2.75, 3.05) is 44.2 Å². The van der Waals surface area contributed by atoms with Gasteiger partial charge in [-0.2, -0.15) is 0 Å². The van der Waals surface area contributed by atoms with E-state index in [-0.39, 0.29) is 17.7 Å². The third-order valence-electron chi connectivity index (χ3n) is 7.09. The molecule has 3 fully saturated rings. The molecule has 1 aromatic heterocycles. The molecule has 3 aliphatic rings. The summed E-state index contributed by atoms with van der Waals surface area (Å²) in [5.41, 5.74) is 0.796. The molecule has 0 saturated carbocycles. The topological polar surface area (TPSA) is 48.9 Å². The van der Waals surface area contributed by atoms with Crippen molar-refractivity contribution in [1.29, 1.82) is 0 Å². The minimum absolute atomic E-state index is 0.329. The monoisotopic (exact) mass is 474 g/mol. The lowest BCUT2D eigenvalue weighted by Crippen LogP contribution is -2.45. The average molecular weight is 475 g/mol. The van der Waals surface area contributed by atoms with Gasteiger partial charge < -0.3 is 4.74 Å². The van der Waals surface area contributed by atoms with Crippen LogP contribution in [0.2, 0.25) is 0 Å². The van der Waals surface area contributed by atoms with Crippen molar-refractivity contribution in [2.24, 2.45) is 5.41 Å². The van der Waals surface area contributed by atoms with Gasteiger partial charge in [0.15, 0.2) is 0 Å². The molecule has 0 atom stereocenters. The van der Waals surface area contributed by atoms with E-state index in [1.807, 2.05) is 18.3 Å². The van der Waals surface area contributed by atoms with Crippen LogP contribution in [0.4, 0.5) is 19.4 Å². The second kappa shape index (κ2) is 9.56. The van der Waals surface area contributed by atoms with Gasteiger partial charge in [0, 0.05) is 36.3 Å². The van der Waals surface area contributed by atoms with E-state index in [0.29, 0.717) is 36.5 Å². The van der Waals surface area contributed by atoms with Crippen molar-refractivity contribution in [3.8, 4) is 0 Å². The summed E-state index contributed by atoms with van der Waals surface area (Å²) in [5.74, 6) is -0.0811. The maximum Gasteiger partial charge on any atom is 0.415 e. The Morgan fingerprint density at radius 3 is 2.42 bits per heavy atom. The number of likely N-dealkylation sites (tertiary alicyclic amines) is 1. The lowest BCUT2D eigenvalue weighted by Gasteiger charge is -2.46. The van der Waals surface area contributed by atoms with Gasteiger partial charge in [-0.15, -0.1) is 0 Å². The normalized spacial score (nSPS) is 21.5. The molecule has 0 unspecified atom stereocenters. The first-order chi connectivity index (χ1) is 16.0. The van der Waals surface area contributed by atoms with E-state index in [2.05, 4.69) is 14.2 Å². The maximum absolute atomic E-state index is 14.0. The summed E-state index contributed by atoms with van der Waals surface area (Å²) in [6.07, 6.45) is 5.98. The zero-order valence-electron chi connectivity index (χ0n) is 18.5. The van der Waals surface area contributed by atoms with Crippen LogP contribution >= 0.6 is 11.9 Å². The number of pyridine rings is 1. The van der Waals surface area contributed by atoms with Crippen LogP contribution in [-0.2, 0) is 11.3 Å². The zero-order valence-corrected chi connectivity index (χ0v) is 19.3. The molecule has 6 nitrogen and oxygen atoms in total. The van der Waals surface area contributed by atoms with Gasteiger partial charge in [-0.05, 0) is 86.5 Å². The van der Waals surface area contributed by atoms with Gasteiger partial charge >= 0.3 is 6.09 Å². The van der Waals surface area contributed by atoms with Crippen LogP contribution in [-0.4, -0.2) is 59.6 Å². The lowest BCUT2D eigenvalue weighted by atomic mass is 9.71. The number of ether oxygens (including phenoxy) is 1. The number of amides is 1. The van der Waals surface area contributed by atoms with Crippen LogP contribution < -0.4 is 4.90 Å². The van der Waals surface area contributed by atoms with Crippen molar-refractivity contribution in [3.63, 3.8) is 0 Å². The number of cyclic esters (lactones) is 1. The number of aromatic nitrogens is 1. The minimum atomic E-state index is -0.381. The number of anilines is 1. The van der Waals surface area contributed by atoms with Gasteiger partial charge in [-0.1, -0.05) is 0 Å². The van der Waals surface area contributed by atoms with E-state index in [9.17, 15) is 13.6 Å². The van der Waals surface area contributed by atoms with E-state index in [1.165, 1.54) is 18.2 Å². The molecule has 176 valence electrons. The highest BCUT2D eigenvalue weighted by Crippen LogP contribution is 2.43. The number of piperidine rings is 2. The first kappa shape index (κ1) is 22.6. The number of nitrogens with zero attached hydrogens (tertiary/aromatic N) is 4. The van der Waals surface area contributed by atoms with Gasteiger partial charge in [0.25, 0.3) is 0 Å². The Morgan fingerprint density at radius 2 is 1.76 bits per heavy atom. The average Bonchev–Trinajstić information content (AvgIpc) is 3.26. The fourth-order valence-electron chi connectivity index (χ4n) is 4.98. The second-order valence-corrected chi connectivity index (χ2v) is 10.3. The largest absolute Gasteiger partial charge is 0.447 e. The van der Waals surface area contributed by atoms with Crippen LogP contribution in [0.5, 0.6) is 0 Å². The Bertz CT molecular complexity index is 988. The third kappa shape index (κ3) is 5.15. The van der Waals surface area contributed by atoms with Crippen LogP contribution in [0.3, 0.4) is 0 Å². The molecule has 0 aliphatic carbocycles. The molecule has 0 radical (unpaired) electrons. The molecule has 0 bridgehead atoms. The van der Waals surface area contributed by atoms with Crippen LogP contribution in [0.1, 0.15) is 31.2 Å². The van der Waals surface area contributed by atoms with E-state index in [4.69, 9.17) is 4.74 Å². The van der Waals surface area contributed by atoms with E-state index < -0.39 is 0 Å². The Kier molecular flexibility index (Phi) is 6.53. The van der Waals surface area contributed by atoms with Gasteiger partial charge in [0.2, 0.25) is 0 Å². The molecular weight excluding hydrogens is 446 g/mol. The molecule has 3 aliphatic heterocycles. The number of hydrogen-bond acceptors (Lipinski definition) is 6. The van der Waals surface area contributed by atoms with Crippen molar-refractivity contribution < 1.29 is 18.3 Å². The fraction of sp³-hybridized carbons (Fsp3) is 0.500. The summed E-state index contributed by atoms with van der Waals surface area (Å²) >= 11 is 1.72. The molecular formula is C24H28F2N4O2S. The molecule has 0 N–H and O–H groups in total. The molecule has 1 spiro atoms. The number of benzene rings is 1. The molecule has 1 aromatic carbocycles. The quantitative estimate of drug-likeness (QED) is 0.586. The summed E-state index contributed by atoms with van der Waals surface area (Å²) in [4.78, 5) is 21.0. The SMILES string of the molecule is O=C1OCCN1c1ccc(SN2CCC3(CCN(Cc4cc(F)ccc4F)CC3)CC2)cn1. The third-order valence-corrected chi connectivity index (χ3v) is 8.17. The van der Waals surface area contributed by atoms with Gasteiger partial charge in [0.1, 0.15) is 24.1 Å². The van der Waals surface area contributed by atoms with Crippen molar-refractivity contribution >= 4 is 23.9 Å². The standard InChI is InChI=1S/C24H28F2N4O2S/c25-19-1-3-21(26)18(15-19)17-28-9-5-24(6-10-28)7-11-29(12-8-24)33-20-2-4-22(27-16-20)30-13-14-32-23(30)31/h1-4,15-16H,5-14,17H2. The van der Waals surface area contributed by atoms with E-state index in [0.717, 1.165) is 56.8 Å². The Labute approximate surface area is 197 Å². The van der Waals surface area contributed by atoms with Gasteiger partial charge in [-0.25, -0.2) is 22.9 Å². The number of carbonyl (C=O) groups excluding carboxylic acids is 1. The smallest absolute Gasteiger partial charge is 0.415 e. The fourth-order valence-corrected chi connectivity index (χ4v) is 5.87. The van der Waals surface area contributed by atoms with Crippen LogP contribution in [0.25, 0.3) is 0 Å². The predicted molar refractivity (Wildman–Crippen MR) is 123 cm³/mol. The number of hydrogen-bond donors (Lipinski definition) is 0. The van der Waals surface area contributed by atoms with E-state index >= 15 is 0 Å². The highest BCUT2D eigenvalue weighted by molar-refractivity contribution is 7.97. The molecule has 9 heteroatoms. The minimum Gasteiger partial charge on any atom is -0.447 e. The first-order valence-electron chi connectivity index (χ1n) is 11.5. The maximum atomic E-state index is 14.0. The number of rotatable bonds is 5. The first-order valence-corrected chi connectivity index (χ1v) is 12.3. The van der Waals surface area contributed by atoms with Crippen molar-refractivity contribution in [1.82, 2.24) is 14.2 Å². The highest BCUT2D eigenvalue weighted by Gasteiger charge is 2.38. The number of halogens is 2. The molecule has 2 aromatic rings. The molecule has 33 heavy (non-hydrogen) atoms. The van der Waals surface area contributed by atoms with Crippen molar-refractivity contribution in [2.45, 2.75) is 37.1 Å². The number of carbonyl (C=O) groups is 1. The predicted octanol–water partition coefficient (Wildman–Crippen LogP) is 4.70. The van der Waals surface area contributed by atoms with Gasteiger partial charge in [0.05, 0.1) is 6.54 Å². The molecule has 5 rings (SSSR count). The Balaban J connectivity index is 1.09. The van der Waals surface area contributed by atoms with Crippen molar-refractivity contribution in [3.05, 3.63) is 53.7 Å². The summed E-state index contributed by atoms with van der Waals surface area (Å²) in [6, 6.07) is 7.58. The van der Waals surface area contributed by atoms with Crippen LogP contribution in [0.15, 0.2) is 41.4 Å². The molecule has 3 saturated heterocycles. The summed E-state index contributed by atoms with van der Waals surface area (Å²) in [5, 5.41) is 0. The zero-order chi connectivity index (χ0) is 22.8. The summed E-state index contributed by atoms with van der Waals surface area (Å²) < 4.78 is 34.8. The Hall–Kier alpha value is -2.23.